The minimum Gasteiger partial charge on any atom is -0.464 e. The van der Waals surface area contributed by atoms with Crippen molar-refractivity contribution in [3.8, 4) is 6.01 Å². The van der Waals surface area contributed by atoms with Gasteiger partial charge in [0.05, 0.1) is 30.6 Å². The van der Waals surface area contributed by atoms with Crippen LogP contribution in [0.1, 0.15) is 41.5 Å². The second-order valence-electron chi connectivity index (χ2n) is 10.6. The van der Waals surface area contributed by atoms with Crippen molar-refractivity contribution in [2.45, 2.75) is 70.9 Å². The summed E-state index contributed by atoms with van der Waals surface area (Å²) in [4.78, 5) is 28.0. The monoisotopic (exact) mass is 464 g/mol. The number of hydrogen-bond acceptors (Lipinski definition) is 8. The number of rotatable bonds is 4. The first-order valence-corrected chi connectivity index (χ1v) is 11.7. The third kappa shape index (κ3) is 4.22. The second kappa shape index (κ2) is 8.52. The molecule has 1 aromatic heterocycles. The van der Waals surface area contributed by atoms with Crippen molar-refractivity contribution in [3.05, 3.63) is 12.0 Å². The lowest BCUT2D eigenvalue weighted by atomic mass is 9.90. The van der Waals surface area contributed by atoms with Gasteiger partial charge in [-0.3, -0.25) is 10.3 Å². The van der Waals surface area contributed by atoms with Gasteiger partial charge >= 0.3 is 12.0 Å². The summed E-state index contributed by atoms with van der Waals surface area (Å²) in [5, 5.41) is 3.15. The number of anilines is 1. The number of likely N-dealkylation sites (N-methyl/N-ethyl adjacent to an activating group) is 1. The van der Waals surface area contributed by atoms with E-state index in [0.717, 1.165) is 12.7 Å². The number of nitrogens with one attached hydrogen (secondary N) is 3. The Hall–Kier alpha value is -2.24. The van der Waals surface area contributed by atoms with E-state index in [1.807, 2.05) is 16.7 Å². The maximum absolute atomic E-state index is 14.4. The van der Waals surface area contributed by atoms with Gasteiger partial charge < -0.3 is 19.9 Å². The van der Waals surface area contributed by atoms with Crippen molar-refractivity contribution in [1.82, 2.24) is 35.5 Å². The number of aromatic nitrogens is 2. The number of likely N-dealkylation sites (tertiary alicyclic amines) is 1. The molecular formula is C22H37FN8O2. The predicted octanol–water partition coefficient (Wildman–Crippen LogP) is 1.47. The van der Waals surface area contributed by atoms with Gasteiger partial charge in [-0.1, -0.05) is 0 Å². The molecule has 1 aromatic rings. The van der Waals surface area contributed by atoms with E-state index in [-0.39, 0.29) is 47.6 Å². The highest BCUT2D eigenvalue weighted by Crippen LogP contribution is 2.39. The van der Waals surface area contributed by atoms with Crippen LogP contribution < -0.4 is 20.9 Å². The number of amides is 2. The fourth-order valence-electron chi connectivity index (χ4n) is 5.22. The van der Waals surface area contributed by atoms with E-state index in [1.165, 1.54) is 0 Å². The highest BCUT2D eigenvalue weighted by atomic mass is 19.1. The molecule has 4 rings (SSSR count). The molecule has 33 heavy (non-hydrogen) atoms. The zero-order valence-electron chi connectivity index (χ0n) is 20.6. The molecule has 2 amide bonds. The van der Waals surface area contributed by atoms with Crippen molar-refractivity contribution < 1.29 is 13.9 Å². The van der Waals surface area contributed by atoms with E-state index >= 15 is 0 Å². The Kier molecular flexibility index (Phi) is 6.17. The average molecular weight is 465 g/mol. The Labute approximate surface area is 195 Å². The van der Waals surface area contributed by atoms with Crippen LogP contribution in [0.5, 0.6) is 6.01 Å². The largest absolute Gasteiger partial charge is 0.464 e. The molecular weight excluding hydrogens is 427 g/mol. The predicted molar refractivity (Wildman–Crippen MR) is 123 cm³/mol. The lowest BCUT2D eigenvalue weighted by Gasteiger charge is -2.50. The van der Waals surface area contributed by atoms with Crippen LogP contribution in [-0.4, -0.2) is 93.3 Å². The minimum absolute atomic E-state index is 0.00834. The van der Waals surface area contributed by atoms with Crippen molar-refractivity contribution in [3.63, 3.8) is 0 Å². The van der Waals surface area contributed by atoms with Crippen LogP contribution in [0.3, 0.4) is 0 Å². The first kappa shape index (κ1) is 23.9. The number of urea groups is 1. The van der Waals surface area contributed by atoms with Gasteiger partial charge in [0.1, 0.15) is 0 Å². The van der Waals surface area contributed by atoms with Crippen LogP contribution in [0.25, 0.3) is 0 Å². The normalized spacial score (nSPS) is 30.9. The third-order valence-corrected chi connectivity index (χ3v) is 7.53. The number of fused-ring (bicyclic) bond motifs is 1. The molecule has 0 saturated carbocycles. The number of halogens is 1. The summed E-state index contributed by atoms with van der Waals surface area (Å²) in [6.07, 6.45) is 0.790. The molecule has 3 fully saturated rings. The van der Waals surface area contributed by atoms with Crippen LogP contribution >= 0.6 is 0 Å². The Morgan fingerprint density at radius 3 is 2.73 bits per heavy atom. The van der Waals surface area contributed by atoms with Crippen molar-refractivity contribution in [1.29, 1.82) is 0 Å². The Balaban J connectivity index is 1.51. The van der Waals surface area contributed by atoms with E-state index in [4.69, 9.17) is 4.74 Å². The smallest absolute Gasteiger partial charge is 0.320 e. The lowest BCUT2D eigenvalue weighted by Crippen LogP contribution is -2.66. The summed E-state index contributed by atoms with van der Waals surface area (Å²) in [6, 6.07) is 0.291. The van der Waals surface area contributed by atoms with Crippen LogP contribution in [0.2, 0.25) is 0 Å². The van der Waals surface area contributed by atoms with Gasteiger partial charge in [0.15, 0.2) is 11.6 Å². The van der Waals surface area contributed by atoms with E-state index in [0.29, 0.717) is 19.7 Å². The molecule has 3 aliphatic rings. The van der Waals surface area contributed by atoms with E-state index in [9.17, 15) is 9.18 Å². The zero-order valence-corrected chi connectivity index (χ0v) is 20.6. The van der Waals surface area contributed by atoms with Crippen molar-refractivity contribution in [2.24, 2.45) is 5.92 Å². The maximum atomic E-state index is 14.4. The van der Waals surface area contributed by atoms with E-state index in [1.54, 1.807) is 0 Å². The molecule has 3 aliphatic heterocycles. The molecule has 3 saturated heterocycles. The summed E-state index contributed by atoms with van der Waals surface area (Å²) in [7, 11) is 2.11. The van der Waals surface area contributed by atoms with Crippen molar-refractivity contribution in [2.75, 3.05) is 38.6 Å². The van der Waals surface area contributed by atoms with Crippen LogP contribution in [0, 0.1) is 11.7 Å². The summed E-state index contributed by atoms with van der Waals surface area (Å²) < 4.78 is 19.7. The second-order valence-corrected chi connectivity index (χ2v) is 10.6. The van der Waals surface area contributed by atoms with Crippen LogP contribution in [0.4, 0.5) is 15.0 Å². The molecule has 3 unspecified atom stereocenters. The summed E-state index contributed by atoms with van der Waals surface area (Å²) in [6.45, 7) is 14.9. The van der Waals surface area contributed by atoms with Gasteiger partial charge in [-0.2, -0.15) is 4.98 Å². The molecule has 0 radical (unpaired) electrons. The molecule has 0 bridgehead atoms. The first-order valence-electron chi connectivity index (χ1n) is 11.7. The lowest BCUT2D eigenvalue weighted by molar-refractivity contribution is 0.00957. The average Bonchev–Trinajstić information content (AvgIpc) is 3.25. The Bertz CT molecular complexity index is 897. The van der Waals surface area contributed by atoms with Gasteiger partial charge in [-0.25, -0.2) is 19.6 Å². The molecule has 0 spiro atoms. The number of carbonyl (C=O) groups is 1. The summed E-state index contributed by atoms with van der Waals surface area (Å²) in [5.41, 5.74) is 6.03. The highest BCUT2D eigenvalue weighted by molar-refractivity contribution is 5.77. The number of hydrogen-bond donors (Lipinski definition) is 3. The molecule has 10 nitrogen and oxygen atoms in total. The molecule has 11 heteroatoms. The topological polar surface area (TPSA) is 97.9 Å². The Morgan fingerprint density at radius 1 is 1.30 bits per heavy atom. The minimum atomic E-state index is -0.553. The number of carbonyl (C=O) groups excluding carboxylic acids is 1. The van der Waals surface area contributed by atoms with E-state index in [2.05, 4.69) is 72.7 Å². The number of ether oxygens (including phenoxy) is 1. The highest BCUT2D eigenvalue weighted by Gasteiger charge is 2.56. The zero-order chi connectivity index (χ0) is 24.1. The Morgan fingerprint density at radius 2 is 2.03 bits per heavy atom. The van der Waals surface area contributed by atoms with Crippen molar-refractivity contribution >= 4 is 11.8 Å². The number of piperazine rings is 1. The molecule has 0 aromatic carbocycles. The first-order chi connectivity index (χ1) is 15.5. The van der Waals surface area contributed by atoms with Gasteiger partial charge in [-0.15, -0.1) is 0 Å². The van der Waals surface area contributed by atoms with Gasteiger partial charge in [0, 0.05) is 37.1 Å². The van der Waals surface area contributed by atoms with E-state index < -0.39 is 11.4 Å². The summed E-state index contributed by atoms with van der Waals surface area (Å²) >= 11 is 0. The number of nitrogens with zero attached hydrogens (tertiary/aromatic N) is 5. The number of hydrazine groups is 1. The van der Waals surface area contributed by atoms with Crippen LogP contribution in [-0.2, 0) is 0 Å². The summed E-state index contributed by atoms with van der Waals surface area (Å²) in [5.74, 6) is -0.461. The fraction of sp³-hybridized carbons (Fsp3) is 0.773. The standard InChI is InChI=1S/C22H37FN8O2/c1-8-33-19-24-9-15(23)18(26-19)25-17-14-11-31(22(5,6)16(14)27-28-17)20(32)30-12-21(3,4)29(7)10-13(30)2/h9,13-14,16-17,27-28H,8,10-12H2,1-7H3,(H,24,25,26)/t13-,14?,16?,17?/m0/s1. The SMILES string of the molecule is CCOc1ncc(F)c(NC2NNC3C2CN(C(=O)N2CC(C)(C)N(C)C[C@@H]2C)C3(C)C)n1. The molecule has 3 N–H and O–H groups in total. The quantitative estimate of drug-likeness (QED) is 0.617. The molecule has 184 valence electrons. The molecule has 4 atom stereocenters. The maximum Gasteiger partial charge on any atom is 0.320 e. The fourth-order valence-corrected chi connectivity index (χ4v) is 5.22. The van der Waals surface area contributed by atoms with Gasteiger partial charge in [-0.05, 0) is 48.6 Å². The van der Waals surface area contributed by atoms with Gasteiger partial charge in [0.2, 0.25) is 0 Å². The molecule has 0 aliphatic carbocycles. The van der Waals surface area contributed by atoms with Crippen LogP contribution in [0.15, 0.2) is 6.20 Å². The molecule has 4 heterocycles. The third-order valence-electron chi connectivity index (χ3n) is 7.53. The van der Waals surface area contributed by atoms with Gasteiger partial charge in [0.25, 0.3) is 0 Å².